The van der Waals surface area contributed by atoms with Gasteiger partial charge in [-0.1, -0.05) is 50.1 Å². The van der Waals surface area contributed by atoms with Crippen LogP contribution in [-0.2, 0) is 0 Å². The molecule has 1 nitrogen and oxygen atoms in total. The lowest BCUT2D eigenvalue weighted by atomic mass is 9.87. The Morgan fingerprint density at radius 3 is 2.75 bits per heavy atom. The molecule has 16 heavy (non-hydrogen) atoms. The number of nitrogens with one attached hydrogen (secondary N) is 1. The first-order valence-corrected chi connectivity index (χ1v) is 6.70. The van der Waals surface area contributed by atoms with Crippen LogP contribution in [0.1, 0.15) is 50.5 Å². The summed E-state index contributed by atoms with van der Waals surface area (Å²) in [6.07, 6.45) is 6.71. The van der Waals surface area contributed by atoms with Gasteiger partial charge in [0.15, 0.2) is 0 Å². The van der Waals surface area contributed by atoms with E-state index >= 15 is 0 Å². The van der Waals surface area contributed by atoms with E-state index in [4.69, 9.17) is 0 Å². The molecule has 0 aromatic heterocycles. The standard InChI is InChI=1S/C15H23N/c1-2-14(13-9-5-3-6-10-13)15-11-7-4-8-12-16-15/h3,5-6,9-10,14-16H,2,4,7-8,11-12H2,1H3/t14-,15-/m1/s1. The van der Waals surface area contributed by atoms with E-state index in [1.54, 1.807) is 0 Å². The van der Waals surface area contributed by atoms with Crippen LogP contribution in [0.3, 0.4) is 0 Å². The number of hydrogen-bond donors (Lipinski definition) is 1. The average molecular weight is 217 g/mol. The third kappa shape index (κ3) is 2.85. The van der Waals surface area contributed by atoms with E-state index in [0.29, 0.717) is 12.0 Å². The van der Waals surface area contributed by atoms with Gasteiger partial charge < -0.3 is 5.32 Å². The van der Waals surface area contributed by atoms with Gasteiger partial charge in [0.05, 0.1) is 0 Å². The molecule has 1 aliphatic rings. The van der Waals surface area contributed by atoms with Crippen molar-refractivity contribution in [3.05, 3.63) is 35.9 Å². The minimum absolute atomic E-state index is 0.690. The molecule has 1 heteroatoms. The Kier molecular flexibility index (Phi) is 4.41. The van der Waals surface area contributed by atoms with Crippen LogP contribution in [0.15, 0.2) is 30.3 Å². The van der Waals surface area contributed by atoms with Crippen molar-refractivity contribution in [2.75, 3.05) is 6.54 Å². The highest BCUT2D eigenvalue weighted by atomic mass is 14.9. The van der Waals surface area contributed by atoms with Crippen LogP contribution in [0.25, 0.3) is 0 Å². The Hall–Kier alpha value is -0.820. The first-order chi connectivity index (χ1) is 7.92. The van der Waals surface area contributed by atoms with Gasteiger partial charge in [-0.05, 0) is 37.3 Å². The molecule has 2 rings (SSSR count). The molecule has 1 aromatic carbocycles. The number of benzene rings is 1. The molecule has 0 unspecified atom stereocenters. The molecule has 1 heterocycles. The van der Waals surface area contributed by atoms with Crippen LogP contribution in [0.4, 0.5) is 0 Å². The van der Waals surface area contributed by atoms with E-state index in [1.807, 2.05) is 0 Å². The summed E-state index contributed by atoms with van der Waals surface area (Å²) in [5.41, 5.74) is 1.50. The highest BCUT2D eigenvalue weighted by molar-refractivity contribution is 5.21. The minimum atomic E-state index is 0.690. The van der Waals surface area contributed by atoms with Crippen molar-refractivity contribution in [3.63, 3.8) is 0 Å². The molecule has 0 bridgehead atoms. The largest absolute Gasteiger partial charge is 0.313 e. The predicted molar refractivity (Wildman–Crippen MR) is 69.7 cm³/mol. The molecule has 0 radical (unpaired) electrons. The van der Waals surface area contributed by atoms with E-state index in [9.17, 15) is 0 Å². The highest BCUT2D eigenvalue weighted by Crippen LogP contribution is 2.27. The topological polar surface area (TPSA) is 12.0 Å². The maximum Gasteiger partial charge on any atom is 0.0136 e. The molecule has 1 saturated heterocycles. The Bertz CT molecular complexity index is 286. The molecule has 0 aliphatic carbocycles. The van der Waals surface area contributed by atoms with Crippen LogP contribution < -0.4 is 5.32 Å². The predicted octanol–water partition coefficient (Wildman–Crippen LogP) is 3.71. The number of hydrogen-bond acceptors (Lipinski definition) is 1. The van der Waals surface area contributed by atoms with Crippen LogP contribution >= 0.6 is 0 Å². The van der Waals surface area contributed by atoms with Gasteiger partial charge in [0.25, 0.3) is 0 Å². The van der Waals surface area contributed by atoms with Crippen LogP contribution in [0, 0.1) is 0 Å². The van der Waals surface area contributed by atoms with Crippen LogP contribution in [0.2, 0.25) is 0 Å². The average Bonchev–Trinajstić information content (AvgIpc) is 2.61. The number of rotatable bonds is 3. The lowest BCUT2D eigenvalue weighted by Crippen LogP contribution is -2.34. The van der Waals surface area contributed by atoms with Crippen LogP contribution in [0.5, 0.6) is 0 Å². The summed E-state index contributed by atoms with van der Waals surface area (Å²) in [7, 11) is 0. The van der Waals surface area contributed by atoms with Crippen molar-refractivity contribution >= 4 is 0 Å². The quantitative estimate of drug-likeness (QED) is 0.814. The van der Waals surface area contributed by atoms with E-state index in [0.717, 1.165) is 0 Å². The van der Waals surface area contributed by atoms with E-state index in [-0.39, 0.29) is 0 Å². The first-order valence-electron chi connectivity index (χ1n) is 6.70. The maximum absolute atomic E-state index is 3.73. The summed E-state index contributed by atoms with van der Waals surface area (Å²) < 4.78 is 0. The van der Waals surface area contributed by atoms with Gasteiger partial charge in [0.2, 0.25) is 0 Å². The van der Waals surface area contributed by atoms with Gasteiger partial charge in [-0.15, -0.1) is 0 Å². The fourth-order valence-corrected chi connectivity index (χ4v) is 2.85. The lowest BCUT2D eigenvalue weighted by molar-refractivity contribution is 0.417. The van der Waals surface area contributed by atoms with Gasteiger partial charge in [-0.2, -0.15) is 0 Å². The van der Waals surface area contributed by atoms with Crippen molar-refractivity contribution in [1.82, 2.24) is 5.32 Å². The van der Waals surface area contributed by atoms with Gasteiger partial charge in [-0.3, -0.25) is 0 Å². The Labute approximate surface area is 99.3 Å². The van der Waals surface area contributed by atoms with Gasteiger partial charge >= 0.3 is 0 Å². The zero-order valence-corrected chi connectivity index (χ0v) is 10.3. The minimum Gasteiger partial charge on any atom is -0.313 e. The Balaban J connectivity index is 2.09. The van der Waals surface area contributed by atoms with Crippen molar-refractivity contribution in [2.45, 2.75) is 51.0 Å². The third-order valence-corrected chi connectivity index (χ3v) is 3.75. The molecule has 0 amide bonds. The molecular weight excluding hydrogens is 194 g/mol. The second-order valence-electron chi connectivity index (χ2n) is 4.84. The normalized spacial score (nSPS) is 23.7. The molecule has 1 aromatic rings. The zero-order chi connectivity index (χ0) is 11.2. The van der Waals surface area contributed by atoms with E-state index in [2.05, 4.69) is 42.6 Å². The zero-order valence-electron chi connectivity index (χ0n) is 10.3. The first kappa shape index (κ1) is 11.7. The molecule has 2 atom stereocenters. The summed E-state index contributed by atoms with van der Waals surface area (Å²) in [5, 5.41) is 3.73. The fourth-order valence-electron chi connectivity index (χ4n) is 2.85. The molecule has 1 aliphatic heterocycles. The monoisotopic (exact) mass is 217 g/mol. The Morgan fingerprint density at radius 1 is 1.19 bits per heavy atom. The van der Waals surface area contributed by atoms with Gasteiger partial charge in [-0.25, -0.2) is 0 Å². The SMILES string of the molecule is CC[C@H](c1ccccc1)[C@H]1CCCCCN1. The van der Waals surface area contributed by atoms with Gasteiger partial charge in [0, 0.05) is 6.04 Å². The summed E-state index contributed by atoms with van der Waals surface area (Å²) >= 11 is 0. The molecule has 0 spiro atoms. The lowest BCUT2D eigenvalue weighted by Gasteiger charge is -2.26. The summed E-state index contributed by atoms with van der Waals surface area (Å²) in [4.78, 5) is 0. The van der Waals surface area contributed by atoms with E-state index < -0.39 is 0 Å². The maximum atomic E-state index is 3.73. The second kappa shape index (κ2) is 6.05. The highest BCUT2D eigenvalue weighted by Gasteiger charge is 2.21. The van der Waals surface area contributed by atoms with Crippen LogP contribution in [-0.4, -0.2) is 12.6 Å². The molecular formula is C15H23N. The van der Waals surface area contributed by atoms with Crippen molar-refractivity contribution in [1.29, 1.82) is 0 Å². The fraction of sp³-hybridized carbons (Fsp3) is 0.600. The van der Waals surface area contributed by atoms with Crippen molar-refractivity contribution in [2.24, 2.45) is 0 Å². The molecule has 0 saturated carbocycles. The van der Waals surface area contributed by atoms with Gasteiger partial charge in [0.1, 0.15) is 0 Å². The summed E-state index contributed by atoms with van der Waals surface area (Å²) in [6.45, 7) is 3.51. The summed E-state index contributed by atoms with van der Waals surface area (Å²) in [5.74, 6) is 0.694. The molecule has 88 valence electrons. The van der Waals surface area contributed by atoms with Crippen molar-refractivity contribution in [3.8, 4) is 0 Å². The second-order valence-corrected chi connectivity index (χ2v) is 4.84. The summed E-state index contributed by atoms with van der Waals surface area (Å²) in [6, 6.07) is 11.7. The Morgan fingerprint density at radius 2 is 2.00 bits per heavy atom. The van der Waals surface area contributed by atoms with Crippen molar-refractivity contribution < 1.29 is 0 Å². The third-order valence-electron chi connectivity index (χ3n) is 3.75. The van der Waals surface area contributed by atoms with E-state index in [1.165, 1.54) is 44.2 Å². The smallest absolute Gasteiger partial charge is 0.0136 e. The molecule has 1 fully saturated rings. The molecule has 1 N–H and O–H groups in total.